The summed E-state index contributed by atoms with van der Waals surface area (Å²) in [6.45, 7) is 2.98. The van der Waals surface area contributed by atoms with Crippen LogP contribution in [0.4, 0.5) is 5.69 Å². The molecule has 0 saturated heterocycles. The van der Waals surface area contributed by atoms with E-state index in [1.165, 1.54) is 10.1 Å². The number of halogens is 1. The lowest BCUT2D eigenvalue weighted by Crippen LogP contribution is -2.23. The molecule has 5 heteroatoms. The second-order valence-corrected chi connectivity index (χ2v) is 6.90. The lowest BCUT2D eigenvalue weighted by Gasteiger charge is -2.23. The van der Waals surface area contributed by atoms with Crippen LogP contribution in [0.15, 0.2) is 40.7 Å². The molecule has 0 unspecified atom stereocenters. The molecular weight excluding hydrogens is 334 g/mol. The summed E-state index contributed by atoms with van der Waals surface area (Å²) in [5.41, 5.74) is 4.56. The Morgan fingerprint density at radius 3 is 2.92 bits per heavy atom. The van der Waals surface area contributed by atoms with Crippen molar-refractivity contribution in [3.63, 3.8) is 0 Å². The first-order valence-electron chi connectivity index (χ1n) is 8.32. The van der Waals surface area contributed by atoms with Gasteiger partial charge in [-0.2, -0.15) is 5.26 Å². The predicted molar refractivity (Wildman–Crippen MR) is 102 cm³/mol. The van der Waals surface area contributed by atoms with E-state index in [4.69, 9.17) is 16.9 Å². The third-order valence-electron chi connectivity index (χ3n) is 4.81. The molecule has 3 rings (SSSR count). The maximum atomic E-state index is 12.3. The first-order valence-corrected chi connectivity index (χ1v) is 8.70. The van der Waals surface area contributed by atoms with Gasteiger partial charge in [-0.05, 0) is 54.2 Å². The van der Waals surface area contributed by atoms with E-state index in [2.05, 4.69) is 18.3 Å². The Labute approximate surface area is 152 Å². The number of hydrogen-bond acceptors (Lipinski definition) is 3. The van der Waals surface area contributed by atoms with Crippen LogP contribution < -0.4 is 10.9 Å². The Morgan fingerprint density at radius 2 is 2.16 bits per heavy atom. The number of nitrogens with zero attached hydrogens (tertiary/aromatic N) is 2. The fourth-order valence-corrected chi connectivity index (χ4v) is 3.31. The molecule has 128 valence electrons. The van der Waals surface area contributed by atoms with Crippen LogP contribution in [0.3, 0.4) is 0 Å². The molecule has 0 spiro atoms. The molecule has 0 radical (unpaired) electrons. The Hall–Kier alpha value is -2.51. The highest BCUT2D eigenvalue weighted by Crippen LogP contribution is 2.30. The lowest BCUT2D eigenvalue weighted by molar-refractivity contribution is 0.604. The van der Waals surface area contributed by atoms with Crippen LogP contribution in [0.1, 0.15) is 30.2 Å². The lowest BCUT2D eigenvalue weighted by atomic mass is 9.90. The number of pyridine rings is 1. The third-order valence-corrected chi connectivity index (χ3v) is 5.05. The zero-order valence-corrected chi connectivity index (χ0v) is 15.1. The van der Waals surface area contributed by atoms with Crippen molar-refractivity contribution in [1.29, 1.82) is 5.26 Å². The minimum absolute atomic E-state index is 0.0841. The highest BCUT2D eigenvalue weighted by atomic mass is 35.5. The monoisotopic (exact) mass is 353 g/mol. The molecule has 1 aliphatic rings. The topological polar surface area (TPSA) is 57.8 Å². The summed E-state index contributed by atoms with van der Waals surface area (Å²) >= 11 is 6.09. The molecule has 0 bridgehead atoms. The van der Waals surface area contributed by atoms with Crippen molar-refractivity contribution in [2.75, 3.05) is 11.9 Å². The van der Waals surface area contributed by atoms with E-state index in [9.17, 15) is 4.79 Å². The smallest absolute Gasteiger partial charge is 0.254 e. The van der Waals surface area contributed by atoms with Gasteiger partial charge in [-0.15, -0.1) is 0 Å². The van der Waals surface area contributed by atoms with Crippen LogP contribution in [0.5, 0.6) is 0 Å². The van der Waals surface area contributed by atoms with Crippen molar-refractivity contribution >= 4 is 23.4 Å². The summed E-state index contributed by atoms with van der Waals surface area (Å²) in [6, 6.07) is 11.4. The van der Waals surface area contributed by atoms with Gasteiger partial charge in [-0.1, -0.05) is 30.7 Å². The van der Waals surface area contributed by atoms with Gasteiger partial charge in [0, 0.05) is 29.9 Å². The van der Waals surface area contributed by atoms with Gasteiger partial charge in [-0.25, -0.2) is 0 Å². The zero-order chi connectivity index (χ0) is 18.0. The van der Waals surface area contributed by atoms with E-state index in [1.54, 1.807) is 19.2 Å². The molecule has 1 aromatic carbocycles. The van der Waals surface area contributed by atoms with E-state index in [0.29, 0.717) is 18.0 Å². The Kier molecular flexibility index (Phi) is 4.96. The molecule has 0 fully saturated rings. The molecule has 2 aromatic rings. The van der Waals surface area contributed by atoms with Gasteiger partial charge in [-0.3, -0.25) is 4.79 Å². The van der Waals surface area contributed by atoms with Gasteiger partial charge in [0.05, 0.1) is 0 Å². The quantitative estimate of drug-likeness (QED) is 0.904. The average Bonchev–Trinajstić information content (AvgIpc) is 2.62. The van der Waals surface area contributed by atoms with Crippen LogP contribution in [0.25, 0.3) is 6.08 Å². The number of nitrogens with one attached hydrogen (secondary N) is 1. The van der Waals surface area contributed by atoms with Gasteiger partial charge < -0.3 is 9.88 Å². The number of benzene rings is 1. The molecule has 1 atom stereocenters. The van der Waals surface area contributed by atoms with Crippen LogP contribution in [-0.2, 0) is 13.5 Å². The van der Waals surface area contributed by atoms with Gasteiger partial charge in [0.25, 0.3) is 5.56 Å². The number of nitriles is 1. The van der Waals surface area contributed by atoms with Crippen molar-refractivity contribution in [1.82, 2.24) is 4.57 Å². The van der Waals surface area contributed by atoms with Crippen molar-refractivity contribution in [3.8, 4) is 6.07 Å². The van der Waals surface area contributed by atoms with Gasteiger partial charge >= 0.3 is 0 Å². The average molecular weight is 354 g/mol. The summed E-state index contributed by atoms with van der Waals surface area (Å²) < 4.78 is 1.42. The highest BCUT2D eigenvalue weighted by Gasteiger charge is 2.16. The minimum atomic E-state index is -0.0841. The Bertz CT molecular complexity index is 937. The second-order valence-electron chi connectivity index (χ2n) is 6.46. The van der Waals surface area contributed by atoms with E-state index in [0.717, 1.165) is 34.8 Å². The fourth-order valence-electron chi connectivity index (χ4n) is 3.13. The minimum Gasteiger partial charge on any atom is -0.381 e. The van der Waals surface area contributed by atoms with Crippen molar-refractivity contribution in [2.45, 2.75) is 19.8 Å². The molecule has 1 aromatic heterocycles. The third kappa shape index (κ3) is 3.62. The first kappa shape index (κ1) is 17.3. The molecule has 0 amide bonds. The molecule has 2 heterocycles. The van der Waals surface area contributed by atoms with Gasteiger partial charge in [0.2, 0.25) is 0 Å². The SMILES string of the molecule is C[C@H](CCc1ccc(C#N)n(C)c1=O)C1=Cc2cc(Cl)ccc2NC1. The summed E-state index contributed by atoms with van der Waals surface area (Å²) in [6.07, 6.45) is 3.77. The summed E-state index contributed by atoms with van der Waals surface area (Å²) in [5, 5.41) is 13.1. The highest BCUT2D eigenvalue weighted by molar-refractivity contribution is 6.30. The Morgan fingerprint density at radius 1 is 1.36 bits per heavy atom. The Balaban J connectivity index is 1.74. The predicted octanol–water partition coefficient (Wildman–Crippen LogP) is 3.99. The van der Waals surface area contributed by atoms with Crippen LogP contribution >= 0.6 is 11.6 Å². The van der Waals surface area contributed by atoms with E-state index >= 15 is 0 Å². The van der Waals surface area contributed by atoms with Crippen molar-refractivity contribution in [3.05, 3.63) is 68.1 Å². The normalized spacial score (nSPS) is 14.1. The number of anilines is 1. The summed E-state index contributed by atoms with van der Waals surface area (Å²) in [7, 11) is 1.64. The van der Waals surface area contributed by atoms with E-state index in [-0.39, 0.29) is 5.56 Å². The maximum absolute atomic E-state index is 12.3. The van der Waals surface area contributed by atoms with Crippen molar-refractivity contribution in [2.24, 2.45) is 13.0 Å². The number of aryl methyl sites for hydroxylation is 1. The summed E-state index contributed by atoms with van der Waals surface area (Å²) in [5.74, 6) is 0.347. The van der Waals surface area contributed by atoms with E-state index < -0.39 is 0 Å². The van der Waals surface area contributed by atoms with Crippen LogP contribution in [0.2, 0.25) is 5.02 Å². The zero-order valence-electron chi connectivity index (χ0n) is 14.3. The van der Waals surface area contributed by atoms with Crippen LogP contribution in [0, 0.1) is 17.2 Å². The number of hydrogen-bond donors (Lipinski definition) is 1. The maximum Gasteiger partial charge on any atom is 0.254 e. The second kappa shape index (κ2) is 7.16. The number of rotatable bonds is 4. The molecule has 0 saturated carbocycles. The molecule has 0 aliphatic carbocycles. The number of fused-ring (bicyclic) bond motifs is 1. The first-order chi connectivity index (χ1) is 12.0. The van der Waals surface area contributed by atoms with E-state index in [1.807, 2.05) is 24.3 Å². The van der Waals surface area contributed by atoms with Gasteiger partial charge in [0.15, 0.2) is 0 Å². The van der Waals surface area contributed by atoms with Gasteiger partial charge in [0.1, 0.15) is 11.8 Å². The molecule has 1 aliphatic heterocycles. The summed E-state index contributed by atoms with van der Waals surface area (Å²) in [4.78, 5) is 12.3. The van der Waals surface area contributed by atoms with Crippen LogP contribution in [-0.4, -0.2) is 11.1 Å². The molecule has 25 heavy (non-hydrogen) atoms. The number of aromatic nitrogens is 1. The van der Waals surface area contributed by atoms with Crippen molar-refractivity contribution < 1.29 is 0 Å². The molecule has 4 nitrogen and oxygen atoms in total. The molecular formula is C20H20ClN3O. The fraction of sp³-hybridized carbons (Fsp3) is 0.300. The largest absolute Gasteiger partial charge is 0.381 e. The molecule has 1 N–H and O–H groups in total. The standard InChI is InChI=1S/C20H20ClN3O/c1-13(3-4-14-5-7-18(11-22)24(2)20(14)25)16-9-15-10-17(21)6-8-19(15)23-12-16/h5-10,13,23H,3-4,12H2,1-2H3/t13-/m1/s1.